The highest BCUT2D eigenvalue weighted by atomic mass is 32.1. The summed E-state index contributed by atoms with van der Waals surface area (Å²) in [6, 6.07) is 0. The molecule has 0 fully saturated rings. The van der Waals surface area contributed by atoms with Gasteiger partial charge in [-0.05, 0) is 12.9 Å². The first-order valence-corrected chi connectivity index (χ1v) is 9.84. The number of halogens is 18. The van der Waals surface area contributed by atoms with Gasteiger partial charge in [0, 0.05) is 0 Å². The molecule has 0 N–H and O–H groups in total. The molecule has 0 aromatic heterocycles. The zero-order chi connectivity index (χ0) is 32.4. The molecular weight excluding hydrogens is 646 g/mol. The molecule has 0 spiro atoms. The molecule has 1 atom stereocenters. The van der Waals surface area contributed by atoms with Crippen LogP contribution in [0.4, 0.5) is 79.0 Å². The summed E-state index contributed by atoms with van der Waals surface area (Å²) < 4.78 is 241. The van der Waals surface area contributed by atoms with Crippen LogP contribution in [0.2, 0.25) is 0 Å². The topological polar surface area (TPSA) is 61.8 Å². The van der Waals surface area contributed by atoms with Gasteiger partial charge in [-0.25, -0.2) is 4.79 Å². The number of carbonyl (C=O) groups is 2. The molecule has 0 aliphatic carbocycles. The van der Waals surface area contributed by atoms with Crippen molar-refractivity contribution in [3.05, 3.63) is 0 Å². The van der Waals surface area contributed by atoms with Gasteiger partial charge in [0.2, 0.25) is 0 Å². The molecule has 0 rings (SSSR count). The number of alkyl halides is 18. The van der Waals surface area contributed by atoms with E-state index in [4.69, 9.17) is 0 Å². The summed E-state index contributed by atoms with van der Waals surface area (Å²) in [6.07, 6.45) is -23.7. The van der Waals surface area contributed by atoms with E-state index in [0.29, 0.717) is 0 Å². The first-order valence-electron chi connectivity index (χ1n) is 9.47. The van der Waals surface area contributed by atoms with Crippen LogP contribution in [0.25, 0.3) is 0 Å². The fraction of sp³-hybridized carbons (Fsp3) is 0.875. The van der Waals surface area contributed by atoms with Crippen molar-refractivity contribution in [1.82, 2.24) is 0 Å². The third-order valence-corrected chi connectivity index (χ3v) is 4.76. The summed E-state index contributed by atoms with van der Waals surface area (Å²) in [5.41, 5.74) is 0. The summed E-state index contributed by atoms with van der Waals surface area (Å²) in [5.74, 6) is -45.0. The lowest BCUT2D eigenvalue weighted by Gasteiger charge is -2.33. The zero-order valence-electron chi connectivity index (χ0n) is 18.4. The van der Waals surface area contributed by atoms with Crippen molar-refractivity contribution in [2.45, 2.75) is 73.3 Å². The average Bonchev–Trinajstić information content (AvgIpc) is 2.74. The maximum absolute atomic E-state index is 13.4. The summed E-state index contributed by atoms with van der Waals surface area (Å²) in [5, 5.41) is 0. The number of esters is 2. The van der Waals surface area contributed by atoms with Crippen molar-refractivity contribution >= 4 is 24.8 Å². The molecule has 40 heavy (non-hydrogen) atoms. The van der Waals surface area contributed by atoms with Gasteiger partial charge >= 0.3 is 59.8 Å². The lowest BCUT2D eigenvalue weighted by Crippen LogP contribution is -2.61. The second-order valence-electron chi connectivity index (χ2n) is 7.39. The largest absolute Gasteiger partial charge is 0.465 e. The van der Waals surface area contributed by atoms with Crippen LogP contribution in [-0.4, -0.2) is 79.1 Å². The van der Waals surface area contributed by atoms with E-state index in [1.165, 1.54) is 0 Å². The Labute approximate surface area is 214 Å². The SMILES string of the molecule is O=C(CC(OS)C(=O)OCCC(F)(F)C(F)(F)C(F)(F)C(F)(F)F)OCCC(F)(F)C(F)(F)C(F)(F)C(F)(F)F. The van der Waals surface area contributed by atoms with E-state index in [2.05, 4.69) is 26.6 Å². The van der Waals surface area contributed by atoms with Gasteiger partial charge < -0.3 is 13.7 Å². The van der Waals surface area contributed by atoms with Crippen LogP contribution in [0.3, 0.4) is 0 Å². The third kappa shape index (κ3) is 7.63. The number of carbonyl (C=O) groups excluding carboxylic acids is 2. The predicted molar refractivity (Wildman–Crippen MR) is 91.4 cm³/mol. The fourth-order valence-corrected chi connectivity index (χ4v) is 2.33. The average molecular weight is 658 g/mol. The van der Waals surface area contributed by atoms with E-state index in [1.54, 1.807) is 0 Å². The Hall–Kier alpha value is -2.01. The van der Waals surface area contributed by atoms with Crippen LogP contribution in [0.5, 0.6) is 0 Å². The minimum atomic E-state index is -7.25. The van der Waals surface area contributed by atoms with Crippen LogP contribution in [0.1, 0.15) is 19.3 Å². The molecule has 0 amide bonds. The Kier molecular flexibility index (Phi) is 11.5. The molecule has 0 radical (unpaired) electrons. The molecule has 0 aromatic rings. The molecule has 0 aliphatic heterocycles. The minimum Gasteiger partial charge on any atom is -0.465 e. The summed E-state index contributed by atoms with van der Waals surface area (Å²) in [6.45, 7) is -4.04. The maximum atomic E-state index is 13.4. The molecule has 0 heterocycles. The molecule has 0 saturated heterocycles. The molecule has 0 bridgehead atoms. The summed E-state index contributed by atoms with van der Waals surface area (Å²) >= 11 is 2.95. The Morgan fingerprint density at radius 2 is 0.875 bits per heavy atom. The monoisotopic (exact) mass is 658 g/mol. The van der Waals surface area contributed by atoms with Gasteiger partial charge in [0.15, 0.2) is 6.10 Å². The van der Waals surface area contributed by atoms with Gasteiger partial charge in [0.25, 0.3) is 0 Å². The number of hydrogen-bond donors (Lipinski definition) is 1. The minimum absolute atomic E-state index is 1.60. The van der Waals surface area contributed by atoms with Crippen LogP contribution >= 0.6 is 12.9 Å². The quantitative estimate of drug-likeness (QED) is 0.101. The van der Waals surface area contributed by atoms with E-state index in [9.17, 15) is 88.6 Å². The van der Waals surface area contributed by atoms with Gasteiger partial charge in [0.05, 0.1) is 32.5 Å². The van der Waals surface area contributed by atoms with E-state index in [0.717, 1.165) is 0 Å². The number of ether oxygens (including phenoxy) is 2. The highest BCUT2D eigenvalue weighted by Gasteiger charge is 2.82. The molecule has 0 aromatic carbocycles. The summed E-state index contributed by atoms with van der Waals surface area (Å²) in [7, 11) is 0. The van der Waals surface area contributed by atoms with E-state index >= 15 is 0 Å². The fourth-order valence-electron chi connectivity index (χ4n) is 2.17. The Morgan fingerprint density at radius 1 is 0.550 bits per heavy atom. The predicted octanol–water partition coefficient (Wildman–Crippen LogP) is 6.41. The Balaban J connectivity index is 5.10. The zero-order valence-corrected chi connectivity index (χ0v) is 19.3. The molecule has 0 saturated carbocycles. The second kappa shape index (κ2) is 12.1. The first-order chi connectivity index (χ1) is 17.4. The van der Waals surface area contributed by atoms with Gasteiger partial charge in [-0.2, -0.15) is 79.0 Å². The van der Waals surface area contributed by atoms with E-state index in [-0.39, 0.29) is 0 Å². The standard InChI is InChI=1S/C16H12F18O5S/c17-9(18,11(21,22)13(25,26)15(29,30)31)1-3-37-7(35)5-6(39-40)8(36)38-4-2-10(19,20)12(23,24)14(27,28)16(32,33)34/h6,40H,1-5H2. The lowest BCUT2D eigenvalue weighted by molar-refractivity contribution is -0.397. The van der Waals surface area contributed by atoms with Crippen LogP contribution < -0.4 is 0 Å². The van der Waals surface area contributed by atoms with Crippen LogP contribution in [0, 0.1) is 0 Å². The van der Waals surface area contributed by atoms with E-state index in [1.807, 2.05) is 0 Å². The molecule has 24 heteroatoms. The van der Waals surface area contributed by atoms with Gasteiger partial charge in [-0.1, -0.05) is 0 Å². The van der Waals surface area contributed by atoms with Crippen molar-refractivity contribution in [3.8, 4) is 0 Å². The molecule has 1 unspecified atom stereocenters. The van der Waals surface area contributed by atoms with Gasteiger partial charge in [0.1, 0.15) is 0 Å². The molecular formula is C16H12F18O5S. The van der Waals surface area contributed by atoms with Crippen molar-refractivity contribution in [2.24, 2.45) is 0 Å². The van der Waals surface area contributed by atoms with Crippen LogP contribution in [0.15, 0.2) is 0 Å². The second-order valence-corrected chi connectivity index (χ2v) is 7.60. The Bertz CT molecular complexity index is 884. The Morgan fingerprint density at radius 3 is 1.18 bits per heavy atom. The highest BCUT2D eigenvalue weighted by molar-refractivity contribution is 7.75. The number of rotatable bonds is 14. The van der Waals surface area contributed by atoms with E-state index < -0.39 is 98.4 Å². The first kappa shape index (κ1) is 38.0. The van der Waals surface area contributed by atoms with Crippen molar-refractivity contribution < 1.29 is 102 Å². The maximum Gasteiger partial charge on any atom is 0.460 e. The lowest BCUT2D eigenvalue weighted by atomic mass is 10.0. The number of hydrogen-bond acceptors (Lipinski definition) is 6. The van der Waals surface area contributed by atoms with Gasteiger partial charge in [-0.3, -0.25) is 4.79 Å². The normalized spacial score (nSPS) is 15.6. The molecule has 5 nitrogen and oxygen atoms in total. The van der Waals surface area contributed by atoms with Gasteiger partial charge in [-0.15, -0.1) is 0 Å². The third-order valence-electron chi connectivity index (χ3n) is 4.50. The smallest absolute Gasteiger partial charge is 0.460 e. The molecule has 0 aliphatic rings. The van der Waals surface area contributed by atoms with Crippen molar-refractivity contribution in [2.75, 3.05) is 13.2 Å². The summed E-state index contributed by atoms with van der Waals surface area (Å²) in [4.78, 5) is 23.1. The van der Waals surface area contributed by atoms with Crippen LogP contribution in [-0.2, 0) is 23.2 Å². The van der Waals surface area contributed by atoms with Crippen molar-refractivity contribution in [1.29, 1.82) is 0 Å². The number of thiol groups is 1. The van der Waals surface area contributed by atoms with Crippen molar-refractivity contribution in [3.63, 3.8) is 0 Å². The highest BCUT2D eigenvalue weighted by Crippen LogP contribution is 2.55. The molecule has 238 valence electrons.